The molecule has 15 nitrogen and oxygen atoms in total. The lowest BCUT2D eigenvalue weighted by molar-refractivity contribution is -0.00929. The summed E-state index contributed by atoms with van der Waals surface area (Å²) in [4.78, 5) is 0. The van der Waals surface area contributed by atoms with Crippen LogP contribution in [0.25, 0.3) is 0 Å². The van der Waals surface area contributed by atoms with Crippen LogP contribution in [0.15, 0.2) is 109 Å². The highest BCUT2D eigenvalue weighted by Crippen LogP contribution is 2.42. The van der Waals surface area contributed by atoms with Crippen molar-refractivity contribution in [2.45, 2.75) is 51.7 Å². The second-order valence-corrected chi connectivity index (χ2v) is 23.9. The number of benzene rings is 6. The molecule has 6 aromatic carbocycles. The Bertz CT molecular complexity index is 2870. The van der Waals surface area contributed by atoms with Crippen molar-refractivity contribution >= 4 is 41.3 Å². The van der Waals surface area contributed by atoms with Crippen molar-refractivity contribution in [3.63, 3.8) is 0 Å². The van der Waals surface area contributed by atoms with Crippen molar-refractivity contribution in [3.05, 3.63) is 152 Å². The molecule has 0 saturated carbocycles. The summed E-state index contributed by atoms with van der Waals surface area (Å²) in [6.45, 7) is 7.86. The first-order valence-corrected chi connectivity index (χ1v) is 27.6. The van der Waals surface area contributed by atoms with Crippen LogP contribution in [0.1, 0.15) is 59.7 Å². The van der Waals surface area contributed by atoms with Crippen LogP contribution in [-0.2, 0) is 49.2 Å². The van der Waals surface area contributed by atoms with Gasteiger partial charge in [-0.15, -0.1) is 0 Å². The maximum atomic E-state index is 10.7. The van der Waals surface area contributed by atoms with Gasteiger partial charge in [0, 0.05) is 72.4 Å². The molecule has 0 aliphatic heterocycles. The Morgan fingerprint density at radius 1 is 0.487 bits per heavy atom. The third kappa shape index (κ3) is 15.1. The Hall–Kier alpha value is -6.55. The maximum Gasteiger partial charge on any atom is 0.261 e. The van der Waals surface area contributed by atoms with Crippen LogP contribution in [0.2, 0.25) is 5.04 Å². The molecule has 0 spiro atoms. The van der Waals surface area contributed by atoms with Gasteiger partial charge in [0.15, 0.2) is 26.8 Å². The van der Waals surface area contributed by atoms with Gasteiger partial charge in [0.25, 0.3) is 8.32 Å². The van der Waals surface area contributed by atoms with Crippen molar-refractivity contribution < 1.29 is 61.6 Å². The average molecular weight is 1170 g/mol. The zero-order chi connectivity index (χ0) is 54.5. The molecule has 0 bridgehead atoms. The highest BCUT2D eigenvalue weighted by Gasteiger charge is 2.50. The van der Waals surface area contributed by atoms with E-state index in [4.69, 9.17) is 56.5 Å². The molecule has 0 aliphatic carbocycles. The fourth-order valence-electron chi connectivity index (χ4n) is 8.96. The summed E-state index contributed by atoms with van der Waals surface area (Å²) in [7, 11) is 5.05. The predicted octanol–water partition coefficient (Wildman–Crippen LogP) is 9.67. The van der Waals surface area contributed by atoms with Crippen LogP contribution in [0.3, 0.4) is 0 Å². The molecule has 0 saturated heterocycles. The number of phenols is 1. The van der Waals surface area contributed by atoms with Gasteiger partial charge in [-0.25, -0.2) is 0 Å². The van der Waals surface area contributed by atoms with Crippen LogP contribution in [0.5, 0.6) is 46.0 Å². The number of aromatic hydroxyl groups is 1. The summed E-state index contributed by atoms with van der Waals surface area (Å²) < 4.78 is 72.9. The van der Waals surface area contributed by atoms with Crippen LogP contribution in [-0.4, -0.2) is 102 Å². The van der Waals surface area contributed by atoms with E-state index >= 15 is 0 Å². The summed E-state index contributed by atoms with van der Waals surface area (Å²) in [6.07, 6.45) is 0.842. The van der Waals surface area contributed by atoms with Gasteiger partial charge in [-0.3, -0.25) is 0 Å². The molecule has 0 unspecified atom stereocenters. The van der Waals surface area contributed by atoms with Gasteiger partial charge in [-0.1, -0.05) is 81.4 Å². The molecule has 6 rings (SSSR count). The van der Waals surface area contributed by atoms with Crippen molar-refractivity contribution in [1.29, 1.82) is 10.5 Å². The van der Waals surface area contributed by atoms with Gasteiger partial charge < -0.3 is 61.6 Å². The molecule has 0 atom stereocenters. The fourth-order valence-corrected chi connectivity index (χ4v) is 13.9. The number of ether oxygens (including phenoxy) is 11. The number of rotatable bonds is 30. The largest absolute Gasteiger partial charge is 0.507 e. The number of phenolic OH excluding ortho intramolecular Hbond substituents is 1. The van der Waals surface area contributed by atoms with Crippen molar-refractivity contribution in [1.82, 2.24) is 0 Å². The van der Waals surface area contributed by atoms with E-state index in [1.807, 2.05) is 77.2 Å². The van der Waals surface area contributed by atoms with Gasteiger partial charge in [0.1, 0.15) is 58.1 Å². The molecule has 0 heterocycles. The van der Waals surface area contributed by atoms with Crippen molar-refractivity contribution in [2.24, 2.45) is 0 Å². The smallest absolute Gasteiger partial charge is 0.261 e. The molecule has 6 aromatic rings. The van der Waals surface area contributed by atoms with E-state index in [0.29, 0.717) is 82.2 Å². The summed E-state index contributed by atoms with van der Waals surface area (Å²) in [5.41, 5.74) is 5.08. The molecule has 1 N–H and O–H groups in total. The highest BCUT2D eigenvalue weighted by molar-refractivity contribution is 14.1. The standard InChI is InChI=1S/C59H67IN2O13Si/c1-59(2,3)76(48-15-11-9-12-16-48,49-17-13-10-14-18-49)75-38-47-36-54(68-8)44(35-57(47)74-40-70-26-24-65-5)28-45-31-52(66-6)43(33-55(45)71-21-19-61)29-46-32-53(67-7)42(34-56(46)73-39-69-25-23-64-4)27-41-30-51(63)50(60)37-58(41)72-22-20-62/h9-18,30-37,63H,21-29,38-40H2,1-8H3. The Labute approximate surface area is 461 Å². The topological polar surface area (TPSA) is 179 Å². The lowest BCUT2D eigenvalue weighted by Gasteiger charge is -2.43. The molecule has 0 aromatic heterocycles. The molecule has 17 heteroatoms. The molecule has 0 aliphatic rings. The number of hydrogen-bond acceptors (Lipinski definition) is 15. The molecule has 0 fully saturated rings. The zero-order valence-electron chi connectivity index (χ0n) is 44.5. The third-order valence-corrected chi connectivity index (χ3v) is 18.4. The van der Waals surface area contributed by atoms with Gasteiger partial charge in [0.2, 0.25) is 0 Å². The summed E-state index contributed by atoms with van der Waals surface area (Å²) in [6, 6.07) is 39.8. The molecular weight excluding hydrogens is 1100 g/mol. The van der Waals surface area contributed by atoms with Gasteiger partial charge in [0.05, 0.1) is 57.9 Å². The highest BCUT2D eigenvalue weighted by atomic mass is 127. The van der Waals surface area contributed by atoms with E-state index in [2.05, 4.69) is 75.4 Å². The van der Waals surface area contributed by atoms with Gasteiger partial charge in [-0.05, 0) is 86.5 Å². The number of nitriles is 2. The molecule has 0 radical (unpaired) electrons. The molecule has 0 amide bonds. The minimum absolute atomic E-state index is 0.0375. The molecular formula is C59H67IN2O13Si. The Kier molecular flexibility index (Phi) is 22.5. The van der Waals surface area contributed by atoms with Crippen LogP contribution in [0, 0.1) is 26.2 Å². The second kappa shape index (κ2) is 29.1. The Morgan fingerprint density at radius 2 is 0.855 bits per heavy atom. The van der Waals surface area contributed by atoms with E-state index in [0.717, 1.165) is 43.8 Å². The van der Waals surface area contributed by atoms with Crippen LogP contribution >= 0.6 is 22.6 Å². The quantitative estimate of drug-likeness (QED) is 0.0195. The zero-order valence-corrected chi connectivity index (χ0v) is 47.7. The maximum absolute atomic E-state index is 10.7. The van der Waals surface area contributed by atoms with Gasteiger partial charge >= 0.3 is 0 Å². The number of nitrogens with zero attached hydrogens (tertiary/aromatic N) is 2. The lowest BCUT2D eigenvalue weighted by Crippen LogP contribution is -2.66. The Morgan fingerprint density at radius 3 is 1.26 bits per heavy atom. The van der Waals surface area contributed by atoms with E-state index in [9.17, 15) is 15.6 Å². The minimum atomic E-state index is -2.97. The van der Waals surface area contributed by atoms with E-state index in [1.165, 1.54) is 0 Å². The van der Waals surface area contributed by atoms with Crippen LogP contribution < -0.4 is 43.5 Å². The monoisotopic (exact) mass is 1170 g/mol. The minimum Gasteiger partial charge on any atom is -0.507 e. The predicted molar refractivity (Wildman–Crippen MR) is 299 cm³/mol. The number of halogens is 1. The number of methoxy groups -OCH3 is 5. The average Bonchev–Trinajstić information content (AvgIpc) is 3.43. The summed E-state index contributed by atoms with van der Waals surface area (Å²) in [5.74, 6) is 3.72. The van der Waals surface area contributed by atoms with Crippen molar-refractivity contribution in [2.75, 3.05) is 88.8 Å². The third-order valence-electron chi connectivity index (χ3n) is 12.6. The van der Waals surface area contributed by atoms with E-state index in [1.54, 1.807) is 47.7 Å². The second-order valence-electron chi connectivity index (χ2n) is 18.4. The number of hydrogen-bond donors (Lipinski definition) is 1. The molecule has 402 valence electrons. The van der Waals surface area contributed by atoms with Gasteiger partial charge in [-0.2, -0.15) is 10.5 Å². The first-order valence-electron chi connectivity index (χ1n) is 24.6. The summed E-state index contributed by atoms with van der Waals surface area (Å²) >= 11 is 2.02. The van der Waals surface area contributed by atoms with Crippen LogP contribution in [0.4, 0.5) is 0 Å². The first kappa shape index (κ1) is 58.7. The normalized spacial score (nSPS) is 11.4. The first-order chi connectivity index (χ1) is 36.8. The fraction of sp³-hybridized carbons (Fsp3) is 0.356. The SMILES string of the molecule is COCCOCOc1cc(Cc2cc(OC)c(Cc3cc(OC)c(Cc4cc(O)c(I)cc4OCC#N)cc3OCOCCOC)cc2OCC#N)c(OC)cc1CO[Si](c1ccccc1)(c1ccccc1)C(C)(C)C. The summed E-state index contributed by atoms with van der Waals surface area (Å²) in [5, 5.41) is 31.8. The molecule has 76 heavy (non-hydrogen) atoms. The Balaban J connectivity index is 1.40. The lowest BCUT2D eigenvalue weighted by atomic mass is 9.95. The van der Waals surface area contributed by atoms with E-state index < -0.39 is 8.32 Å². The van der Waals surface area contributed by atoms with E-state index in [-0.39, 0.29) is 57.0 Å². The van der Waals surface area contributed by atoms with Crippen molar-refractivity contribution in [3.8, 4) is 58.1 Å².